The predicted molar refractivity (Wildman–Crippen MR) is 57.4 cm³/mol. The van der Waals surface area contributed by atoms with Crippen molar-refractivity contribution in [2.75, 3.05) is 19.7 Å². The van der Waals surface area contributed by atoms with E-state index in [-0.39, 0.29) is 12.5 Å². The van der Waals surface area contributed by atoms with Crippen molar-refractivity contribution in [1.82, 2.24) is 10.6 Å². The van der Waals surface area contributed by atoms with Gasteiger partial charge in [-0.25, -0.2) is 4.79 Å². The summed E-state index contributed by atoms with van der Waals surface area (Å²) in [7, 11) is 0. The molecule has 0 aromatic heterocycles. The van der Waals surface area contributed by atoms with Gasteiger partial charge in [0.2, 0.25) is 5.91 Å². The second kappa shape index (κ2) is 8.23. The molecule has 0 bridgehead atoms. The van der Waals surface area contributed by atoms with E-state index in [9.17, 15) is 9.59 Å². The average molecular weight is 216 g/mol. The predicted octanol–water partition coefficient (Wildman–Crippen LogP) is 0.0538. The summed E-state index contributed by atoms with van der Waals surface area (Å²) in [6.45, 7) is 6.71. The van der Waals surface area contributed by atoms with Gasteiger partial charge in [-0.15, -0.1) is 0 Å². The van der Waals surface area contributed by atoms with Crippen molar-refractivity contribution in [1.29, 1.82) is 0 Å². The monoisotopic (exact) mass is 216 g/mol. The summed E-state index contributed by atoms with van der Waals surface area (Å²) in [5.41, 5.74) is 0. The highest BCUT2D eigenvalue weighted by Gasteiger charge is 2.15. The van der Waals surface area contributed by atoms with E-state index in [1.807, 2.05) is 6.92 Å². The molecular formula is C10H20N2O3. The van der Waals surface area contributed by atoms with Gasteiger partial charge in [0.25, 0.3) is 0 Å². The van der Waals surface area contributed by atoms with E-state index in [1.54, 1.807) is 13.8 Å². The number of amides is 1. The summed E-state index contributed by atoms with van der Waals surface area (Å²) in [5.74, 6) is -0.592. The first-order valence-corrected chi connectivity index (χ1v) is 5.28. The van der Waals surface area contributed by atoms with Gasteiger partial charge in [0, 0.05) is 0 Å². The summed E-state index contributed by atoms with van der Waals surface area (Å²) in [6.07, 6.45) is 0.973. The average Bonchev–Trinajstić information content (AvgIpc) is 2.18. The van der Waals surface area contributed by atoms with Gasteiger partial charge >= 0.3 is 5.97 Å². The molecule has 0 rings (SSSR count). The zero-order valence-electron chi connectivity index (χ0n) is 9.63. The van der Waals surface area contributed by atoms with E-state index in [2.05, 4.69) is 10.6 Å². The first-order valence-electron chi connectivity index (χ1n) is 5.28. The number of carbonyl (C=O) groups is 2. The van der Waals surface area contributed by atoms with Crippen molar-refractivity contribution < 1.29 is 14.3 Å². The zero-order chi connectivity index (χ0) is 11.7. The third-order valence-electron chi connectivity index (χ3n) is 1.73. The van der Waals surface area contributed by atoms with Gasteiger partial charge in [0.05, 0.1) is 13.2 Å². The Bertz CT molecular complexity index is 207. The number of nitrogens with one attached hydrogen (secondary N) is 2. The highest BCUT2D eigenvalue weighted by molar-refractivity contribution is 5.85. The Morgan fingerprint density at radius 2 is 2.00 bits per heavy atom. The van der Waals surface area contributed by atoms with Gasteiger partial charge < -0.3 is 15.4 Å². The normalized spacial score (nSPS) is 11.9. The fraction of sp³-hybridized carbons (Fsp3) is 0.800. The Kier molecular flexibility index (Phi) is 7.62. The molecule has 5 heteroatoms. The maximum absolute atomic E-state index is 11.3. The van der Waals surface area contributed by atoms with Gasteiger partial charge in [-0.3, -0.25) is 4.79 Å². The van der Waals surface area contributed by atoms with Crippen LogP contribution >= 0.6 is 0 Å². The Labute approximate surface area is 90.6 Å². The Hall–Kier alpha value is -1.10. The van der Waals surface area contributed by atoms with Crippen LogP contribution in [-0.2, 0) is 14.3 Å². The summed E-state index contributed by atoms with van der Waals surface area (Å²) in [4.78, 5) is 22.4. The molecule has 0 fully saturated rings. The van der Waals surface area contributed by atoms with E-state index < -0.39 is 12.0 Å². The van der Waals surface area contributed by atoms with Gasteiger partial charge in [-0.1, -0.05) is 6.92 Å². The summed E-state index contributed by atoms with van der Waals surface area (Å²) in [5, 5.41) is 5.49. The molecule has 0 aromatic rings. The van der Waals surface area contributed by atoms with Crippen LogP contribution in [0.5, 0.6) is 0 Å². The van der Waals surface area contributed by atoms with Gasteiger partial charge in [0.1, 0.15) is 6.04 Å². The lowest BCUT2D eigenvalue weighted by Gasteiger charge is -2.12. The third-order valence-corrected chi connectivity index (χ3v) is 1.73. The van der Waals surface area contributed by atoms with Crippen molar-refractivity contribution in [3.63, 3.8) is 0 Å². The number of rotatable bonds is 7. The SMILES string of the molecule is CCCNCC(=O)NC(C)C(=O)OCC. The van der Waals surface area contributed by atoms with Crippen LogP contribution < -0.4 is 10.6 Å². The smallest absolute Gasteiger partial charge is 0.328 e. The standard InChI is InChI=1S/C10H20N2O3/c1-4-6-11-7-9(13)12-8(3)10(14)15-5-2/h8,11H,4-7H2,1-3H3,(H,12,13). The Morgan fingerprint density at radius 3 is 2.53 bits per heavy atom. The molecule has 88 valence electrons. The molecule has 0 saturated heterocycles. The molecular weight excluding hydrogens is 196 g/mol. The van der Waals surface area contributed by atoms with E-state index >= 15 is 0 Å². The quantitative estimate of drug-likeness (QED) is 0.466. The fourth-order valence-corrected chi connectivity index (χ4v) is 0.997. The summed E-state index contributed by atoms with van der Waals surface area (Å²) in [6, 6.07) is -0.583. The first kappa shape index (κ1) is 13.9. The molecule has 2 N–H and O–H groups in total. The van der Waals surface area contributed by atoms with Crippen molar-refractivity contribution in [3.8, 4) is 0 Å². The second-order valence-corrected chi connectivity index (χ2v) is 3.22. The van der Waals surface area contributed by atoms with Gasteiger partial charge in [0.15, 0.2) is 0 Å². The first-order chi connectivity index (χ1) is 7.11. The lowest BCUT2D eigenvalue weighted by atomic mass is 10.3. The molecule has 15 heavy (non-hydrogen) atoms. The van der Waals surface area contributed by atoms with Gasteiger partial charge in [-0.05, 0) is 26.8 Å². The summed E-state index contributed by atoms with van der Waals surface area (Å²) >= 11 is 0. The molecule has 0 aliphatic carbocycles. The molecule has 1 unspecified atom stereocenters. The molecule has 5 nitrogen and oxygen atoms in total. The Balaban J connectivity index is 3.70. The number of hydrogen-bond acceptors (Lipinski definition) is 4. The van der Waals surface area contributed by atoms with Crippen molar-refractivity contribution in [2.24, 2.45) is 0 Å². The van der Waals surface area contributed by atoms with E-state index in [0.717, 1.165) is 13.0 Å². The number of ether oxygens (including phenoxy) is 1. The van der Waals surface area contributed by atoms with Crippen LogP contribution in [0.2, 0.25) is 0 Å². The van der Waals surface area contributed by atoms with E-state index in [4.69, 9.17) is 4.74 Å². The largest absolute Gasteiger partial charge is 0.464 e. The zero-order valence-corrected chi connectivity index (χ0v) is 9.63. The topological polar surface area (TPSA) is 67.4 Å². The van der Waals surface area contributed by atoms with Crippen LogP contribution in [-0.4, -0.2) is 37.6 Å². The Morgan fingerprint density at radius 1 is 1.33 bits per heavy atom. The van der Waals surface area contributed by atoms with Crippen molar-refractivity contribution in [2.45, 2.75) is 33.2 Å². The second-order valence-electron chi connectivity index (χ2n) is 3.22. The van der Waals surface area contributed by atoms with Crippen molar-refractivity contribution in [3.05, 3.63) is 0 Å². The van der Waals surface area contributed by atoms with E-state index in [0.29, 0.717) is 6.61 Å². The minimum atomic E-state index is -0.583. The highest BCUT2D eigenvalue weighted by atomic mass is 16.5. The molecule has 0 saturated carbocycles. The maximum Gasteiger partial charge on any atom is 0.328 e. The molecule has 0 spiro atoms. The van der Waals surface area contributed by atoms with Crippen LogP contribution in [0.15, 0.2) is 0 Å². The molecule has 0 radical (unpaired) electrons. The highest BCUT2D eigenvalue weighted by Crippen LogP contribution is 1.87. The van der Waals surface area contributed by atoms with Crippen LogP contribution in [0.1, 0.15) is 27.2 Å². The maximum atomic E-state index is 11.3. The van der Waals surface area contributed by atoms with Crippen LogP contribution in [0.4, 0.5) is 0 Å². The van der Waals surface area contributed by atoms with Gasteiger partial charge in [-0.2, -0.15) is 0 Å². The molecule has 1 atom stereocenters. The molecule has 0 aliphatic heterocycles. The number of esters is 1. The van der Waals surface area contributed by atoms with Crippen LogP contribution in [0.25, 0.3) is 0 Å². The fourth-order valence-electron chi connectivity index (χ4n) is 0.997. The molecule has 0 aliphatic rings. The van der Waals surface area contributed by atoms with Crippen LogP contribution in [0, 0.1) is 0 Å². The lowest BCUT2D eigenvalue weighted by molar-refractivity contribution is -0.146. The molecule has 1 amide bonds. The molecule has 0 heterocycles. The van der Waals surface area contributed by atoms with Crippen LogP contribution in [0.3, 0.4) is 0 Å². The van der Waals surface area contributed by atoms with Crippen molar-refractivity contribution >= 4 is 11.9 Å². The molecule has 0 aromatic carbocycles. The third kappa shape index (κ3) is 6.90. The number of carbonyl (C=O) groups excluding carboxylic acids is 2. The number of hydrogen-bond donors (Lipinski definition) is 2. The lowest BCUT2D eigenvalue weighted by Crippen LogP contribution is -2.43. The van der Waals surface area contributed by atoms with E-state index in [1.165, 1.54) is 0 Å². The summed E-state index contributed by atoms with van der Waals surface area (Å²) < 4.78 is 4.76. The minimum Gasteiger partial charge on any atom is -0.464 e. The minimum absolute atomic E-state index is 0.191.